The first-order valence-electron chi connectivity index (χ1n) is 10.5. The first-order valence-corrected chi connectivity index (χ1v) is 10.5. The molecule has 0 aromatic heterocycles. The van der Waals surface area contributed by atoms with Crippen molar-refractivity contribution in [2.75, 3.05) is 19.6 Å². The number of likely N-dealkylation sites (tertiary alicyclic amines) is 1. The summed E-state index contributed by atoms with van der Waals surface area (Å²) in [5.74, 6) is 1.48. The Balaban J connectivity index is 1.53. The highest BCUT2D eigenvalue weighted by molar-refractivity contribution is 5.81. The predicted molar refractivity (Wildman–Crippen MR) is 111 cm³/mol. The van der Waals surface area contributed by atoms with Crippen molar-refractivity contribution < 1.29 is 4.79 Å². The number of amides is 1. The molecular formula is C22H34N4O. The van der Waals surface area contributed by atoms with Crippen molar-refractivity contribution in [2.24, 2.45) is 10.9 Å². The van der Waals surface area contributed by atoms with Gasteiger partial charge in [0, 0.05) is 31.6 Å². The van der Waals surface area contributed by atoms with E-state index in [4.69, 9.17) is 4.99 Å². The van der Waals surface area contributed by atoms with Crippen LogP contribution in [0.2, 0.25) is 0 Å². The van der Waals surface area contributed by atoms with Gasteiger partial charge >= 0.3 is 0 Å². The zero-order chi connectivity index (χ0) is 19.1. The fourth-order valence-electron chi connectivity index (χ4n) is 4.18. The minimum absolute atomic E-state index is 0.265. The summed E-state index contributed by atoms with van der Waals surface area (Å²) in [7, 11) is 0. The van der Waals surface area contributed by atoms with Crippen molar-refractivity contribution in [1.29, 1.82) is 0 Å². The van der Waals surface area contributed by atoms with Crippen molar-refractivity contribution in [1.82, 2.24) is 15.5 Å². The van der Waals surface area contributed by atoms with Gasteiger partial charge in [0.05, 0.1) is 6.54 Å². The molecule has 2 fully saturated rings. The van der Waals surface area contributed by atoms with Crippen molar-refractivity contribution >= 4 is 11.9 Å². The number of aliphatic imine (C=N–C) groups is 1. The van der Waals surface area contributed by atoms with Crippen LogP contribution < -0.4 is 10.6 Å². The van der Waals surface area contributed by atoms with Crippen LogP contribution >= 0.6 is 0 Å². The highest BCUT2D eigenvalue weighted by Crippen LogP contribution is 2.26. The standard InChI is InChI=1S/C22H34N4O/c1-3-23-22(24-15-18-9-7-8-17(2)14-18)25-20-12-13-26(16-20)21(27)19-10-5-4-6-11-19/h7-9,14,19-20H,3-6,10-13,15-16H2,1-2H3,(H2,23,24,25). The molecule has 1 saturated heterocycles. The van der Waals surface area contributed by atoms with Gasteiger partial charge in [-0.15, -0.1) is 0 Å². The fourth-order valence-corrected chi connectivity index (χ4v) is 4.18. The van der Waals surface area contributed by atoms with Crippen LogP contribution in [-0.4, -0.2) is 42.4 Å². The molecule has 2 aliphatic rings. The summed E-state index contributed by atoms with van der Waals surface area (Å²) in [6, 6.07) is 8.75. The minimum atomic E-state index is 0.265. The number of guanidine groups is 1. The molecule has 2 N–H and O–H groups in total. The van der Waals surface area contributed by atoms with Gasteiger partial charge in [0.1, 0.15) is 0 Å². The monoisotopic (exact) mass is 370 g/mol. The summed E-state index contributed by atoms with van der Waals surface area (Å²) >= 11 is 0. The van der Waals surface area contributed by atoms with Crippen LogP contribution in [0.5, 0.6) is 0 Å². The molecular weight excluding hydrogens is 336 g/mol. The predicted octanol–water partition coefficient (Wildman–Crippen LogP) is 3.23. The molecule has 5 nitrogen and oxygen atoms in total. The molecule has 1 unspecified atom stereocenters. The van der Waals surface area contributed by atoms with Crippen LogP contribution in [0.25, 0.3) is 0 Å². The average molecular weight is 371 g/mol. The molecule has 1 aliphatic carbocycles. The Bertz CT molecular complexity index is 651. The van der Waals surface area contributed by atoms with Gasteiger partial charge in [-0.1, -0.05) is 49.1 Å². The van der Waals surface area contributed by atoms with Crippen molar-refractivity contribution in [3.63, 3.8) is 0 Å². The Morgan fingerprint density at radius 3 is 2.78 bits per heavy atom. The van der Waals surface area contributed by atoms with E-state index >= 15 is 0 Å². The third-order valence-corrected chi connectivity index (χ3v) is 5.64. The Hall–Kier alpha value is -2.04. The van der Waals surface area contributed by atoms with Crippen LogP contribution in [-0.2, 0) is 11.3 Å². The lowest BCUT2D eigenvalue weighted by Crippen LogP contribution is -2.45. The number of carbonyl (C=O) groups is 1. The summed E-state index contributed by atoms with van der Waals surface area (Å²) in [6.45, 7) is 7.34. The summed E-state index contributed by atoms with van der Waals surface area (Å²) in [4.78, 5) is 19.6. The Morgan fingerprint density at radius 1 is 1.22 bits per heavy atom. The van der Waals surface area contributed by atoms with E-state index in [1.807, 2.05) is 0 Å². The number of benzene rings is 1. The van der Waals surface area contributed by atoms with Gasteiger partial charge < -0.3 is 15.5 Å². The molecule has 1 aliphatic heterocycles. The van der Waals surface area contributed by atoms with Gasteiger partial charge in [-0.3, -0.25) is 4.79 Å². The summed E-state index contributed by atoms with van der Waals surface area (Å²) in [5.41, 5.74) is 2.47. The summed E-state index contributed by atoms with van der Waals surface area (Å²) in [5, 5.41) is 6.87. The van der Waals surface area contributed by atoms with E-state index in [0.717, 1.165) is 44.9 Å². The molecule has 1 amide bonds. The van der Waals surface area contributed by atoms with E-state index in [1.165, 1.54) is 30.4 Å². The first-order chi connectivity index (χ1) is 13.2. The molecule has 27 heavy (non-hydrogen) atoms. The first kappa shape index (κ1) is 19.7. The summed E-state index contributed by atoms with van der Waals surface area (Å²) < 4.78 is 0. The van der Waals surface area contributed by atoms with E-state index in [0.29, 0.717) is 12.5 Å². The van der Waals surface area contributed by atoms with E-state index in [1.54, 1.807) is 0 Å². The molecule has 0 bridgehead atoms. The Kier molecular flexibility index (Phi) is 7.13. The maximum absolute atomic E-state index is 12.8. The molecule has 148 valence electrons. The Labute approximate surface area is 163 Å². The zero-order valence-electron chi connectivity index (χ0n) is 16.8. The second-order valence-electron chi connectivity index (χ2n) is 7.93. The smallest absolute Gasteiger partial charge is 0.225 e. The lowest BCUT2D eigenvalue weighted by Gasteiger charge is -2.26. The lowest BCUT2D eigenvalue weighted by atomic mass is 9.88. The van der Waals surface area contributed by atoms with Crippen LogP contribution in [0.15, 0.2) is 29.3 Å². The second kappa shape index (κ2) is 9.77. The third-order valence-electron chi connectivity index (χ3n) is 5.64. The van der Waals surface area contributed by atoms with Crippen molar-refractivity contribution in [2.45, 2.75) is 65.0 Å². The Morgan fingerprint density at radius 2 is 2.04 bits per heavy atom. The van der Waals surface area contributed by atoms with Crippen LogP contribution in [0, 0.1) is 12.8 Å². The van der Waals surface area contributed by atoms with Gasteiger partial charge in [-0.05, 0) is 38.7 Å². The van der Waals surface area contributed by atoms with Gasteiger partial charge in [-0.25, -0.2) is 4.99 Å². The van der Waals surface area contributed by atoms with Gasteiger partial charge in [0.25, 0.3) is 0 Å². The molecule has 1 heterocycles. The number of rotatable bonds is 5. The molecule has 1 aromatic carbocycles. The highest BCUT2D eigenvalue weighted by Gasteiger charge is 2.31. The summed E-state index contributed by atoms with van der Waals surface area (Å²) in [6.07, 6.45) is 6.86. The average Bonchev–Trinajstić information content (AvgIpc) is 3.15. The number of hydrogen-bond acceptors (Lipinski definition) is 2. The topological polar surface area (TPSA) is 56.7 Å². The SMILES string of the molecule is CCNC(=NCc1cccc(C)c1)NC1CCN(C(=O)C2CCCCC2)C1. The largest absolute Gasteiger partial charge is 0.357 e. The number of nitrogens with zero attached hydrogens (tertiary/aromatic N) is 2. The molecule has 3 rings (SSSR count). The van der Waals surface area contributed by atoms with E-state index in [2.05, 4.69) is 53.6 Å². The molecule has 0 radical (unpaired) electrons. The van der Waals surface area contributed by atoms with Crippen LogP contribution in [0.4, 0.5) is 0 Å². The zero-order valence-corrected chi connectivity index (χ0v) is 16.8. The second-order valence-corrected chi connectivity index (χ2v) is 7.93. The third kappa shape index (κ3) is 5.72. The molecule has 0 spiro atoms. The minimum Gasteiger partial charge on any atom is -0.357 e. The van der Waals surface area contributed by atoms with E-state index in [9.17, 15) is 4.79 Å². The highest BCUT2D eigenvalue weighted by atomic mass is 16.2. The molecule has 1 aromatic rings. The van der Waals surface area contributed by atoms with Crippen molar-refractivity contribution in [3.8, 4) is 0 Å². The van der Waals surface area contributed by atoms with Gasteiger partial charge in [0.15, 0.2) is 5.96 Å². The van der Waals surface area contributed by atoms with E-state index < -0.39 is 0 Å². The number of aryl methyl sites for hydroxylation is 1. The quantitative estimate of drug-likeness (QED) is 0.618. The number of carbonyl (C=O) groups excluding carboxylic acids is 1. The number of hydrogen-bond donors (Lipinski definition) is 2. The van der Waals surface area contributed by atoms with Gasteiger partial charge in [-0.2, -0.15) is 0 Å². The maximum atomic E-state index is 12.8. The van der Waals surface area contributed by atoms with Crippen LogP contribution in [0.3, 0.4) is 0 Å². The lowest BCUT2D eigenvalue weighted by molar-refractivity contribution is -0.135. The van der Waals surface area contributed by atoms with Crippen molar-refractivity contribution in [3.05, 3.63) is 35.4 Å². The van der Waals surface area contributed by atoms with E-state index in [-0.39, 0.29) is 12.0 Å². The van der Waals surface area contributed by atoms with Crippen LogP contribution in [0.1, 0.15) is 56.6 Å². The molecule has 1 atom stereocenters. The van der Waals surface area contributed by atoms with Gasteiger partial charge in [0.2, 0.25) is 5.91 Å². The fraction of sp³-hybridized carbons (Fsp3) is 0.636. The maximum Gasteiger partial charge on any atom is 0.225 e. The molecule has 5 heteroatoms. The molecule has 1 saturated carbocycles. The normalized spacial score (nSPS) is 21.3. The number of nitrogens with one attached hydrogen (secondary N) is 2.